The van der Waals surface area contributed by atoms with Gasteiger partial charge in [-0.1, -0.05) is 38.3 Å². The molecule has 106 valence electrons. The van der Waals surface area contributed by atoms with Gasteiger partial charge in [-0.15, -0.1) is 5.10 Å². The maximum Gasteiger partial charge on any atom is 0.360 e. The normalized spacial score (nSPS) is 23.3. The summed E-state index contributed by atoms with van der Waals surface area (Å²) in [6.45, 7) is 4.27. The van der Waals surface area contributed by atoms with Gasteiger partial charge in [-0.2, -0.15) is 0 Å². The molecule has 0 spiro atoms. The van der Waals surface area contributed by atoms with Crippen molar-refractivity contribution in [2.24, 2.45) is 5.92 Å². The van der Waals surface area contributed by atoms with E-state index < -0.39 is 0 Å². The molecule has 0 saturated heterocycles. The lowest BCUT2D eigenvalue weighted by Gasteiger charge is -2.29. The molecule has 0 aliphatic heterocycles. The summed E-state index contributed by atoms with van der Waals surface area (Å²) >= 11 is 0. The van der Waals surface area contributed by atoms with Gasteiger partial charge in [0.15, 0.2) is 5.69 Å². The van der Waals surface area contributed by atoms with E-state index in [2.05, 4.69) is 17.2 Å². The quantitative estimate of drug-likeness (QED) is 0.785. The van der Waals surface area contributed by atoms with Crippen LogP contribution in [0.3, 0.4) is 0 Å². The van der Waals surface area contributed by atoms with E-state index in [1.54, 1.807) is 0 Å². The van der Waals surface area contributed by atoms with E-state index in [1.165, 1.54) is 26.4 Å². The molecule has 19 heavy (non-hydrogen) atoms. The molecule has 2 atom stereocenters. The number of carbonyl (C=O) groups excluding carboxylic acids is 1. The molecule has 1 aromatic rings. The first-order valence-corrected chi connectivity index (χ1v) is 7.23. The van der Waals surface area contributed by atoms with Crippen LogP contribution in [0, 0.1) is 5.92 Å². The summed E-state index contributed by atoms with van der Waals surface area (Å²) in [4.78, 5) is 11.7. The summed E-state index contributed by atoms with van der Waals surface area (Å²) in [7, 11) is 1.38. The summed E-state index contributed by atoms with van der Waals surface area (Å²) in [5.41, 5.74) is 1.29. The Bertz CT molecular complexity index is 442. The van der Waals surface area contributed by atoms with Crippen molar-refractivity contribution < 1.29 is 9.53 Å². The summed E-state index contributed by atoms with van der Waals surface area (Å²) < 4.78 is 6.73. The first kappa shape index (κ1) is 14.0. The highest BCUT2D eigenvalue weighted by molar-refractivity contribution is 5.88. The van der Waals surface area contributed by atoms with Gasteiger partial charge < -0.3 is 4.74 Å². The summed E-state index contributed by atoms with van der Waals surface area (Å²) in [6.07, 6.45) is 6.80. The van der Waals surface area contributed by atoms with E-state index in [-0.39, 0.29) is 5.97 Å². The molecule has 5 nitrogen and oxygen atoms in total. The molecule has 0 radical (unpaired) electrons. The highest BCUT2D eigenvalue weighted by Gasteiger charge is 2.27. The van der Waals surface area contributed by atoms with Gasteiger partial charge in [0.1, 0.15) is 0 Å². The van der Waals surface area contributed by atoms with Crippen LogP contribution in [-0.2, 0) is 11.2 Å². The van der Waals surface area contributed by atoms with Gasteiger partial charge in [-0.05, 0) is 25.2 Å². The number of hydrogen-bond donors (Lipinski definition) is 0. The number of hydrogen-bond acceptors (Lipinski definition) is 4. The molecular weight excluding hydrogens is 242 g/mol. The van der Waals surface area contributed by atoms with E-state index in [1.807, 2.05) is 11.6 Å². The third-order valence-corrected chi connectivity index (χ3v) is 4.18. The molecule has 0 aromatic carbocycles. The van der Waals surface area contributed by atoms with Crippen LogP contribution in [0.25, 0.3) is 0 Å². The first-order chi connectivity index (χ1) is 9.21. The summed E-state index contributed by atoms with van der Waals surface area (Å²) in [5, 5.41) is 8.24. The fourth-order valence-corrected chi connectivity index (χ4v) is 3.05. The van der Waals surface area contributed by atoms with Crippen LogP contribution in [0.15, 0.2) is 0 Å². The van der Waals surface area contributed by atoms with Gasteiger partial charge >= 0.3 is 5.97 Å². The summed E-state index contributed by atoms with van der Waals surface area (Å²) in [6, 6.07) is 0.388. The lowest BCUT2D eigenvalue weighted by molar-refractivity contribution is 0.0592. The lowest BCUT2D eigenvalue weighted by atomic mass is 9.84. The summed E-state index contributed by atoms with van der Waals surface area (Å²) in [5.74, 6) is 0.389. The van der Waals surface area contributed by atoms with Crippen LogP contribution < -0.4 is 0 Å². The zero-order chi connectivity index (χ0) is 13.8. The Balaban J connectivity index is 2.24. The molecule has 1 aliphatic rings. The Morgan fingerprint density at radius 2 is 2.21 bits per heavy atom. The molecule has 1 heterocycles. The van der Waals surface area contributed by atoms with E-state index >= 15 is 0 Å². The number of aromatic nitrogens is 3. The zero-order valence-electron chi connectivity index (χ0n) is 12.1. The van der Waals surface area contributed by atoms with Crippen molar-refractivity contribution in [3.63, 3.8) is 0 Å². The molecule has 0 amide bonds. The monoisotopic (exact) mass is 265 g/mol. The highest BCUT2D eigenvalue weighted by Crippen LogP contribution is 2.34. The van der Waals surface area contributed by atoms with Gasteiger partial charge in [-0.25, -0.2) is 9.48 Å². The Kier molecular flexibility index (Phi) is 4.56. The van der Waals surface area contributed by atoms with Crippen molar-refractivity contribution in [3.8, 4) is 0 Å². The molecule has 0 bridgehead atoms. The largest absolute Gasteiger partial charge is 0.464 e. The van der Waals surface area contributed by atoms with Gasteiger partial charge in [-0.3, -0.25) is 0 Å². The van der Waals surface area contributed by atoms with Gasteiger partial charge in [0, 0.05) is 0 Å². The van der Waals surface area contributed by atoms with Crippen molar-refractivity contribution in [2.75, 3.05) is 7.11 Å². The first-order valence-electron chi connectivity index (χ1n) is 7.23. The average molecular weight is 265 g/mol. The molecule has 1 aliphatic carbocycles. The minimum absolute atomic E-state index is 0.378. The highest BCUT2D eigenvalue weighted by atomic mass is 16.5. The Morgan fingerprint density at radius 3 is 2.84 bits per heavy atom. The average Bonchev–Trinajstić information content (AvgIpc) is 2.90. The predicted molar refractivity (Wildman–Crippen MR) is 72.0 cm³/mol. The molecule has 5 heteroatoms. The maximum absolute atomic E-state index is 11.7. The molecular formula is C14H23N3O2. The van der Waals surface area contributed by atoms with Gasteiger partial charge in [0.25, 0.3) is 0 Å². The van der Waals surface area contributed by atoms with Crippen LogP contribution in [0.5, 0.6) is 0 Å². The topological polar surface area (TPSA) is 57.0 Å². The number of esters is 1. The van der Waals surface area contributed by atoms with Crippen LogP contribution >= 0.6 is 0 Å². The predicted octanol–water partition coefficient (Wildman–Crippen LogP) is 2.77. The Hall–Kier alpha value is -1.39. The van der Waals surface area contributed by atoms with Crippen LogP contribution in [-0.4, -0.2) is 28.1 Å². The third-order valence-electron chi connectivity index (χ3n) is 4.18. The fourth-order valence-electron chi connectivity index (χ4n) is 3.05. The van der Waals surface area contributed by atoms with Crippen LogP contribution in [0.1, 0.15) is 68.2 Å². The number of carbonyl (C=O) groups is 1. The molecule has 2 unspecified atom stereocenters. The Morgan fingerprint density at radius 1 is 1.42 bits per heavy atom. The minimum atomic E-state index is -0.383. The van der Waals surface area contributed by atoms with Crippen molar-refractivity contribution in [1.29, 1.82) is 0 Å². The third kappa shape index (κ3) is 2.80. The van der Waals surface area contributed by atoms with Crippen LogP contribution in [0.4, 0.5) is 0 Å². The van der Waals surface area contributed by atoms with Crippen molar-refractivity contribution in [2.45, 2.75) is 58.4 Å². The van der Waals surface area contributed by atoms with E-state index in [0.717, 1.165) is 30.9 Å². The number of nitrogens with zero attached hydrogens (tertiary/aromatic N) is 3. The SMILES string of the molecule is CCc1c(C(=O)OC)nnn1C1CCCC(CC)C1. The smallest absolute Gasteiger partial charge is 0.360 e. The zero-order valence-corrected chi connectivity index (χ0v) is 12.1. The Labute approximate surface area is 114 Å². The number of ether oxygens (including phenoxy) is 1. The second-order valence-corrected chi connectivity index (χ2v) is 5.27. The van der Waals surface area contributed by atoms with Crippen molar-refractivity contribution >= 4 is 5.97 Å². The fraction of sp³-hybridized carbons (Fsp3) is 0.786. The molecule has 1 fully saturated rings. The molecule has 0 N–H and O–H groups in total. The van der Waals surface area contributed by atoms with Gasteiger partial charge in [0.2, 0.25) is 0 Å². The van der Waals surface area contributed by atoms with Crippen molar-refractivity contribution in [3.05, 3.63) is 11.4 Å². The maximum atomic E-state index is 11.7. The molecule has 2 rings (SSSR count). The van der Waals surface area contributed by atoms with E-state index in [0.29, 0.717) is 11.7 Å². The van der Waals surface area contributed by atoms with Gasteiger partial charge in [0.05, 0.1) is 18.8 Å². The minimum Gasteiger partial charge on any atom is -0.464 e. The lowest BCUT2D eigenvalue weighted by Crippen LogP contribution is -2.22. The number of rotatable bonds is 4. The van der Waals surface area contributed by atoms with E-state index in [4.69, 9.17) is 4.74 Å². The van der Waals surface area contributed by atoms with E-state index in [9.17, 15) is 4.79 Å². The number of methoxy groups -OCH3 is 1. The second-order valence-electron chi connectivity index (χ2n) is 5.27. The molecule has 1 saturated carbocycles. The second kappa shape index (κ2) is 6.17. The molecule has 1 aromatic heterocycles. The van der Waals surface area contributed by atoms with Crippen molar-refractivity contribution in [1.82, 2.24) is 15.0 Å². The van der Waals surface area contributed by atoms with Crippen LogP contribution in [0.2, 0.25) is 0 Å². The standard InChI is InChI=1S/C14H23N3O2/c1-4-10-7-6-8-11(9-10)17-12(5-2)13(15-16-17)14(18)19-3/h10-11H,4-9H2,1-3H3.